The second-order valence-corrected chi connectivity index (χ2v) is 2.81. The van der Waals surface area contributed by atoms with Gasteiger partial charge < -0.3 is 4.74 Å². The molecule has 10 heavy (non-hydrogen) atoms. The number of hydrogen-bond acceptors (Lipinski definition) is 3. The number of ether oxygens (including phenoxy) is 1. The van der Waals surface area contributed by atoms with Crippen molar-refractivity contribution in [2.24, 2.45) is 5.92 Å². The van der Waals surface area contributed by atoms with Crippen LogP contribution in [0.15, 0.2) is 0 Å². The fraction of sp³-hybridized carbons (Fsp3) is 1.00. The molecule has 0 bridgehead atoms. The van der Waals surface area contributed by atoms with Crippen LogP contribution in [0.4, 0.5) is 0 Å². The number of nitro groups is 1. The van der Waals surface area contributed by atoms with Gasteiger partial charge in [0.25, 0.3) is 0 Å². The Morgan fingerprint density at radius 3 is 2.90 bits per heavy atom. The van der Waals surface area contributed by atoms with Gasteiger partial charge in [-0.15, -0.1) is 0 Å². The minimum absolute atomic E-state index is 0.0693. The molecule has 1 aliphatic heterocycles. The summed E-state index contributed by atoms with van der Waals surface area (Å²) in [6.45, 7) is 2.74. The molecule has 2 atom stereocenters. The van der Waals surface area contributed by atoms with Gasteiger partial charge in [-0.2, -0.15) is 0 Å². The number of nitrogens with zero attached hydrogens (tertiary/aromatic N) is 1. The molecule has 0 aromatic carbocycles. The largest absolute Gasteiger partial charge is 0.373 e. The summed E-state index contributed by atoms with van der Waals surface area (Å²) in [6, 6.07) is 0. The van der Waals surface area contributed by atoms with Crippen LogP contribution < -0.4 is 0 Å². The highest BCUT2D eigenvalue weighted by Gasteiger charge is 2.26. The first kappa shape index (κ1) is 7.47. The van der Waals surface area contributed by atoms with Gasteiger partial charge in [0.05, 0.1) is 12.7 Å². The molecule has 0 aliphatic carbocycles. The summed E-state index contributed by atoms with van der Waals surface area (Å²) >= 11 is 0. The fourth-order valence-corrected chi connectivity index (χ4v) is 0.982. The highest BCUT2D eigenvalue weighted by atomic mass is 16.6. The van der Waals surface area contributed by atoms with Gasteiger partial charge in [0.15, 0.2) is 0 Å². The van der Waals surface area contributed by atoms with Crippen molar-refractivity contribution in [2.45, 2.75) is 19.4 Å². The third-order valence-corrected chi connectivity index (χ3v) is 1.53. The van der Waals surface area contributed by atoms with Crippen LogP contribution in [0.25, 0.3) is 0 Å². The maximum absolute atomic E-state index is 9.98. The van der Waals surface area contributed by atoms with E-state index in [2.05, 4.69) is 0 Å². The van der Waals surface area contributed by atoms with Crippen LogP contribution in [0.2, 0.25) is 0 Å². The van der Waals surface area contributed by atoms with Gasteiger partial charge in [-0.3, -0.25) is 10.1 Å². The smallest absolute Gasteiger partial charge is 0.206 e. The van der Waals surface area contributed by atoms with Crippen molar-refractivity contribution in [3.8, 4) is 0 Å². The first-order valence-corrected chi connectivity index (χ1v) is 3.42. The molecule has 58 valence electrons. The van der Waals surface area contributed by atoms with Crippen molar-refractivity contribution < 1.29 is 9.66 Å². The molecule has 0 N–H and O–H groups in total. The molecule has 1 saturated heterocycles. The molecular formula is C6H11NO3. The first-order valence-electron chi connectivity index (χ1n) is 3.42. The third-order valence-electron chi connectivity index (χ3n) is 1.53. The zero-order valence-electron chi connectivity index (χ0n) is 5.95. The average molecular weight is 145 g/mol. The highest BCUT2D eigenvalue weighted by Crippen LogP contribution is 2.18. The SMILES string of the molecule is CC(CC1CO1)C[N+](=O)[O-]. The van der Waals surface area contributed by atoms with Crippen molar-refractivity contribution >= 4 is 0 Å². The van der Waals surface area contributed by atoms with Gasteiger partial charge in [-0.1, -0.05) is 6.92 Å². The Kier molecular flexibility index (Phi) is 2.21. The Hall–Kier alpha value is -0.640. The summed E-state index contributed by atoms with van der Waals surface area (Å²) in [5, 5.41) is 9.98. The molecule has 2 unspecified atom stereocenters. The third kappa shape index (κ3) is 2.77. The van der Waals surface area contributed by atoms with Crippen molar-refractivity contribution in [3.63, 3.8) is 0 Å². The van der Waals surface area contributed by atoms with Gasteiger partial charge in [0.2, 0.25) is 6.54 Å². The van der Waals surface area contributed by atoms with Gasteiger partial charge in [0.1, 0.15) is 0 Å². The molecule has 0 saturated carbocycles. The molecule has 0 aromatic rings. The molecule has 1 heterocycles. The second-order valence-electron chi connectivity index (χ2n) is 2.81. The summed E-state index contributed by atoms with van der Waals surface area (Å²) < 4.78 is 4.94. The Labute approximate surface area is 59.3 Å². The molecule has 0 spiro atoms. The van der Waals surface area contributed by atoms with Crippen LogP contribution in [-0.2, 0) is 4.74 Å². The van der Waals surface area contributed by atoms with Gasteiger partial charge in [-0.25, -0.2) is 0 Å². The first-order chi connectivity index (χ1) is 4.68. The Morgan fingerprint density at radius 2 is 2.50 bits per heavy atom. The van der Waals surface area contributed by atoms with Crippen LogP contribution >= 0.6 is 0 Å². The van der Waals surface area contributed by atoms with Crippen LogP contribution in [0.3, 0.4) is 0 Å². The predicted molar refractivity (Wildman–Crippen MR) is 35.4 cm³/mol. The minimum Gasteiger partial charge on any atom is -0.373 e. The lowest BCUT2D eigenvalue weighted by Gasteiger charge is -2.01. The molecule has 0 aromatic heterocycles. The summed E-state index contributed by atoms with van der Waals surface area (Å²) in [5.41, 5.74) is 0. The highest BCUT2D eigenvalue weighted by molar-refractivity contribution is 4.71. The fourth-order valence-electron chi connectivity index (χ4n) is 0.982. The lowest BCUT2D eigenvalue weighted by atomic mass is 10.1. The van der Waals surface area contributed by atoms with E-state index in [-0.39, 0.29) is 17.4 Å². The zero-order chi connectivity index (χ0) is 7.56. The monoisotopic (exact) mass is 145 g/mol. The van der Waals surface area contributed by atoms with E-state index in [0.717, 1.165) is 13.0 Å². The summed E-state index contributed by atoms with van der Waals surface area (Å²) in [5.74, 6) is 0.155. The topological polar surface area (TPSA) is 55.7 Å². The number of hydrogen-bond donors (Lipinski definition) is 0. The lowest BCUT2D eigenvalue weighted by molar-refractivity contribution is -0.487. The molecule has 1 aliphatic rings. The van der Waals surface area contributed by atoms with Crippen molar-refractivity contribution in [3.05, 3.63) is 10.1 Å². The van der Waals surface area contributed by atoms with Crippen LogP contribution in [-0.4, -0.2) is 24.2 Å². The normalized spacial score (nSPS) is 25.9. The molecule has 4 heteroatoms. The maximum Gasteiger partial charge on any atom is 0.206 e. The summed E-state index contributed by atoms with van der Waals surface area (Å²) in [6.07, 6.45) is 1.15. The molecule has 1 rings (SSSR count). The van der Waals surface area contributed by atoms with Crippen LogP contribution in [0.1, 0.15) is 13.3 Å². The van der Waals surface area contributed by atoms with E-state index in [1.54, 1.807) is 0 Å². The van der Waals surface area contributed by atoms with E-state index in [1.165, 1.54) is 0 Å². The molecule has 4 nitrogen and oxygen atoms in total. The van der Waals surface area contributed by atoms with E-state index in [1.807, 2.05) is 6.92 Å². The molecule has 0 amide bonds. The number of epoxide rings is 1. The Morgan fingerprint density at radius 1 is 1.90 bits per heavy atom. The molecule has 0 radical (unpaired) electrons. The summed E-state index contributed by atoms with van der Waals surface area (Å²) in [7, 11) is 0. The standard InChI is InChI=1S/C6H11NO3/c1-5(3-7(8)9)2-6-4-10-6/h5-6H,2-4H2,1H3. The quantitative estimate of drug-likeness (QED) is 0.332. The van der Waals surface area contributed by atoms with E-state index >= 15 is 0 Å². The van der Waals surface area contributed by atoms with Crippen LogP contribution in [0.5, 0.6) is 0 Å². The molecule has 1 fully saturated rings. The zero-order valence-corrected chi connectivity index (χ0v) is 5.95. The van der Waals surface area contributed by atoms with Crippen molar-refractivity contribution in [1.82, 2.24) is 0 Å². The van der Waals surface area contributed by atoms with Crippen molar-refractivity contribution in [2.75, 3.05) is 13.2 Å². The summed E-state index contributed by atoms with van der Waals surface area (Å²) in [4.78, 5) is 9.71. The second kappa shape index (κ2) is 2.96. The number of rotatable bonds is 4. The van der Waals surface area contributed by atoms with Gasteiger partial charge >= 0.3 is 0 Å². The predicted octanol–water partition coefficient (Wildman–Crippen LogP) is 0.688. The Bertz CT molecular complexity index is 133. The van der Waals surface area contributed by atoms with E-state index in [4.69, 9.17) is 4.74 Å². The van der Waals surface area contributed by atoms with Crippen molar-refractivity contribution in [1.29, 1.82) is 0 Å². The van der Waals surface area contributed by atoms with E-state index in [0.29, 0.717) is 6.10 Å². The van der Waals surface area contributed by atoms with Gasteiger partial charge in [-0.05, 0) is 6.42 Å². The molecular weight excluding hydrogens is 134 g/mol. The lowest BCUT2D eigenvalue weighted by Crippen LogP contribution is -2.12. The van der Waals surface area contributed by atoms with Gasteiger partial charge in [0, 0.05) is 10.8 Å². The maximum atomic E-state index is 9.98. The minimum atomic E-state index is -0.271. The van der Waals surface area contributed by atoms with Crippen LogP contribution in [0, 0.1) is 16.0 Å². The van der Waals surface area contributed by atoms with E-state index < -0.39 is 0 Å². The Balaban J connectivity index is 2.07. The van der Waals surface area contributed by atoms with E-state index in [9.17, 15) is 10.1 Å². The average Bonchev–Trinajstić information content (AvgIpc) is 2.46.